The van der Waals surface area contributed by atoms with Crippen molar-refractivity contribution in [1.82, 2.24) is 15.5 Å². The van der Waals surface area contributed by atoms with Crippen molar-refractivity contribution in [2.45, 2.75) is 30.5 Å². The van der Waals surface area contributed by atoms with Gasteiger partial charge in [-0.3, -0.25) is 4.79 Å². The van der Waals surface area contributed by atoms with Crippen LogP contribution in [0.25, 0.3) is 11.4 Å². The second-order valence-corrected chi connectivity index (χ2v) is 7.71. The molecule has 0 fully saturated rings. The maximum Gasteiger partial charge on any atom is 0.252 e. The van der Waals surface area contributed by atoms with Crippen LogP contribution in [0.4, 0.5) is 0 Å². The maximum absolute atomic E-state index is 12.5. The summed E-state index contributed by atoms with van der Waals surface area (Å²) in [6.07, 6.45) is 0. The number of aromatic nitrogens is 2. The number of nitrogens with one attached hydrogen (secondary N) is 1. The van der Waals surface area contributed by atoms with E-state index in [1.54, 1.807) is 18.9 Å². The summed E-state index contributed by atoms with van der Waals surface area (Å²) in [5.41, 5.74) is 1.43. The van der Waals surface area contributed by atoms with Gasteiger partial charge in [-0.05, 0) is 24.3 Å². The van der Waals surface area contributed by atoms with Crippen molar-refractivity contribution < 1.29 is 14.1 Å². The molecular formula is C20H21N3O3S. The number of hydrogen-bond donors (Lipinski definition) is 1. The fraction of sp³-hybridized carbons (Fsp3) is 0.250. The number of hydrogen-bond acceptors (Lipinski definition) is 6. The minimum absolute atomic E-state index is 0.163. The van der Waals surface area contributed by atoms with E-state index in [2.05, 4.69) is 29.3 Å². The number of rotatable bonds is 7. The van der Waals surface area contributed by atoms with Gasteiger partial charge in [0, 0.05) is 15.7 Å². The molecule has 0 atom stereocenters. The summed E-state index contributed by atoms with van der Waals surface area (Å²) in [6, 6.07) is 14.9. The van der Waals surface area contributed by atoms with Crippen LogP contribution < -0.4 is 10.1 Å². The first kappa shape index (κ1) is 19.0. The third-order valence-electron chi connectivity index (χ3n) is 3.69. The van der Waals surface area contributed by atoms with E-state index in [4.69, 9.17) is 9.26 Å². The van der Waals surface area contributed by atoms with E-state index in [-0.39, 0.29) is 12.5 Å². The van der Waals surface area contributed by atoms with Crippen LogP contribution in [-0.4, -0.2) is 28.4 Å². The molecule has 7 heteroatoms. The Balaban J connectivity index is 1.67. The molecule has 6 nitrogen and oxygen atoms in total. The predicted octanol–water partition coefficient (Wildman–Crippen LogP) is 4.18. The molecule has 3 aromatic rings. The quantitative estimate of drug-likeness (QED) is 0.617. The van der Waals surface area contributed by atoms with E-state index in [1.807, 2.05) is 48.5 Å². The van der Waals surface area contributed by atoms with Crippen molar-refractivity contribution in [1.29, 1.82) is 0 Å². The third kappa shape index (κ3) is 4.89. The Morgan fingerprint density at radius 3 is 2.81 bits per heavy atom. The molecule has 0 aliphatic rings. The molecule has 1 amide bonds. The normalized spacial score (nSPS) is 10.8. The number of carbonyl (C=O) groups is 1. The van der Waals surface area contributed by atoms with Crippen molar-refractivity contribution in [3.05, 3.63) is 60.0 Å². The summed E-state index contributed by atoms with van der Waals surface area (Å²) in [7, 11) is 1.60. The fourth-order valence-corrected chi connectivity index (χ4v) is 3.42. The van der Waals surface area contributed by atoms with Gasteiger partial charge in [0.05, 0.1) is 19.2 Å². The lowest BCUT2D eigenvalue weighted by molar-refractivity contribution is 0.0943. The Morgan fingerprint density at radius 1 is 1.22 bits per heavy atom. The van der Waals surface area contributed by atoms with Crippen LogP contribution in [0.5, 0.6) is 5.75 Å². The SMILES string of the molecule is COc1cccc(-c2noc(CNC(=O)c3ccccc3SC(C)C)n2)c1. The molecule has 0 saturated heterocycles. The van der Waals surface area contributed by atoms with Crippen molar-refractivity contribution >= 4 is 17.7 Å². The largest absolute Gasteiger partial charge is 0.497 e. The lowest BCUT2D eigenvalue weighted by atomic mass is 10.2. The molecule has 0 unspecified atom stereocenters. The number of thioether (sulfide) groups is 1. The standard InChI is InChI=1S/C20H21N3O3S/c1-13(2)27-17-10-5-4-9-16(17)20(24)21-12-18-22-19(23-26-18)14-7-6-8-15(11-14)25-3/h4-11,13H,12H2,1-3H3,(H,21,24). The van der Waals surface area contributed by atoms with Gasteiger partial charge in [-0.15, -0.1) is 11.8 Å². The van der Waals surface area contributed by atoms with Gasteiger partial charge in [-0.1, -0.05) is 43.3 Å². The predicted molar refractivity (Wildman–Crippen MR) is 105 cm³/mol. The van der Waals surface area contributed by atoms with E-state index in [0.29, 0.717) is 28.3 Å². The van der Waals surface area contributed by atoms with Crippen molar-refractivity contribution in [2.75, 3.05) is 7.11 Å². The Labute approximate surface area is 162 Å². The minimum atomic E-state index is -0.167. The summed E-state index contributed by atoms with van der Waals surface area (Å²) in [6.45, 7) is 4.35. The highest BCUT2D eigenvalue weighted by molar-refractivity contribution is 8.00. The second-order valence-electron chi connectivity index (χ2n) is 6.09. The van der Waals surface area contributed by atoms with Crippen molar-refractivity contribution in [3.8, 4) is 17.1 Å². The first-order chi connectivity index (χ1) is 13.1. The molecule has 27 heavy (non-hydrogen) atoms. The molecule has 140 valence electrons. The van der Waals surface area contributed by atoms with Gasteiger partial charge in [-0.2, -0.15) is 4.98 Å². The van der Waals surface area contributed by atoms with Crippen molar-refractivity contribution in [2.24, 2.45) is 0 Å². The highest BCUT2D eigenvalue weighted by atomic mass is 32.2. The molecule has 1 heterocycles. The molecule has 0 radical (unpaired) electrons. The zero-order valence-electron chi connectivity index (χ0n) is 15.4. The second kappa shape index (κ2) is 8.73. The minimum Gasteiger partial charge on any atom is -0.497 e. The molecular weight excluding hydrogens is 362 g/mol. The Hall–Kier alpha value is -2.80. The molecule has 0 aliphatic carbocycles. The zero-order valence-corrected chi connectivity index (χ0v) is 16.2. The van der Waals surface area contributed by atoms with Crippen LogP contribution in [0.1, 0.15) is 30.1 Å². The van der Waals surface area contributed by atoms with E-state index in [0.717, 1.165) is 10.5 Å². The lowest BCUT2D eigenvalue weighted by Gasteiger charge is -2.10. The van der Waals surface area contributed by atoms with Crippen LogP contribution in [0.15, 0.2) is 57.9 Å². The Bertz CT molecular complexity index is 924. The van der Waals surface area contributed by atoms with Crippen LogP contribution in [0.3, 0.4) is 0 Å². The first-order valence-corrected chi connectivity index (χ1v) is 9.45. The number of amides is 1. The van der Waals surface area contributed by atoms with Gasteiger partial charge >= 0.3 is 0 Å². The van der Waals surface area contributed by atoms with E-state index in [1.165, 1.54) is 0 Å². The number of methoxy groups -OCH3 is 1. The van der Waals surface area contributed by atoms with Gasteiger partial charge in [0.1, 0.15) is 5.75 Å². The van der Waals surface area contributed by atoms with E-state index < -0.39 is 0 Å². The smallest absolute Gasteiger partial charge is 0.252 e. The van der Waals surface area contributed by atoms with Crippen LogP contribution in [-0.2, 0) is 6.54 Å². The molecule has 3 rings (SSSR count). The average Bonchev–Trinajstić information content (AvgIpc) is 3.15. The summed E-state index contributed by atoms with van der Waals surface area (Å²) in [5.74, 6) is 1.34. The number of nitrogens with zero attached hydrogens (tertiary/aromatic N) is 2. The number of carbonyl (C=O) groups excluding carboxylic acids is 1. The Morgan fingerprint density at radius 2 is 2.04 bits per heavy atom. The molecule has 2 aromatic carbocycles. The monoisotopic (exact) mass is 383 g/mol. The third-order valence-corrected chi connectivity index (χ3v) is 4.77. The van der Waals surface area contributed by atoms with Gasteiger partial charge in [0.15, 0.2) is 0 Å². The molecule has 0 bridgehead atoms. The van der Waals surface area contributed by atoms with Crippen LogP contribution in [0.2, 0.25) is 0 Å². The summed E-state index contributed by atoms with van der Waals surface area (Å²) in [4.78, 5) is 17.8. The molecule has 0 saturated carbocycles. The molecule has 0 aliphatic heterocycles. The highest BCUT2D eigenvalue weighted by Crippen LogP contribution is 2.26. The highest BCUT2D eigenvalue weighted by Gasteiger charge is 2.14. The summed E-state index contributed by atoms with van der Waals surface area (Å²) in [5, 5.41) is 7.20. The van der Waals surface area contributed by atoms with E-state index >= 15 is 0 Å². The van der Waals surface area contributed by atoms with Gasteiger partial charge in [0.25, 0.3) is 5.91 Å². The average molecular weight is 383 g/mol. The van der Waals surface area contributed by atoms with Gasteiger partial charge < -0.3 is 14.6 Å². The first-order valence-electron chi connectivity index (χ1n) is 8.57. The molecule has 1 N–H and O–H groups in total. The fourth-order valence-electron chi connectivity index (χ4n) is 2.47. The Kier molecular flexibility index (Phi) is 6.13. The summed E-state index contributed by atoms with van der Waals surface area (Å²) >= 11 is 1.66. The number of ether oxygens (including phenoxy) is 1. The maximum atomic E-state index is 12.5. The van der Waals surface area contributed by atoms with Gasteiger partial charge in [0.2, 0.25) is 11.7 Å². The topological polar surface area (TPSA) is 77.3 Å². The van der Waals surface area contributed by atoms with Crippen LogP contribution in [0, 0.1) is 0 Å². The number of benzene rings is 2. The zero-order chi connectivity index (χ0) is 19.2. The lowest BCUT2D eigenvalue weighted by Crippen LogP contribution is -2.23. The van der Waals surface area contributed by atoms with E-state index in [9.17, 15) is 4.79 Å². The molecule has 1 aromatic heterocycles. The summed E-state index contributed by atoms with van der Waals surface area (Å²) < 4.78 is 10.5. The van der Waals surface area contributed by atoms with Gasteiger partial charge in [-0.25, -0.2) is 0 Å². The van der Waals surface area contributed by atoms with Crippen molar-refractivity contribution in [3.63, 3.8) is 0 Å². The van der Waals surface area contributed by atoms with Crippen LogP contribution >= 0.6 is 11.8 Å². The molecule has 0 spiro atoms.